The van der Waals surface area contributed by atoms with Gasteiger partial charge in [-0.2, -0.15) is 0 Å². The van der Waals surface area contributed by atoms with Gasteiger partial charge >= 0.3 is 0 Å². The van der Waals surface area contributed by atoms with E-state index in [1.54, 1.807) is 0 Å². The van der Waals surface area contributed by atoms with Crippen molar-refractivity contribution in [1.82, 2.24) is 0 Å². The lowest BCUT2D eigenvalue weighted by Crippen LogP contribution is -2.19. The summed E-state index contributed by atoms with van der Waals surface area (Å²) in [6.07, 6.45) is 2.48. The highest BCUT2D eigenvalue weighted by Gasteiger charge is 2.16. The largest absolute Gasteiger partial charge is 0.397 e. The minimum absolute atomic E-state index is 0. The summed E-state index contributed by atoms with van der Waals surface area (Å²) in [5.74, 6) is 0. The Kier molecular flexibility index (Phi) is 6.18. The van der Waals surface area contributed by atoms with Gasteiger partial charge in [-0.05, 0) is 25.0 Å². The van der Waals surface area contributed by atoms with Gasteiger partial charge in [0.2, 0.25) is 0 Å². The van der Waals surface area contributed by atoms with E-state index >= 15 is 0 Å². The van der Waals surface area contributed by atoms with Crippen molar-refractivity contribution >= 4 is 47.8 Å². The van der Waals surface area contributed by atoms with Crippen molar-refractivity contribution in [3.05, 3.63) is 23.2 Å². The highest BCUT2D eigenvalue weighted by molar-refractivity contribution is 6.34. The molecule has 15 heavy (non-hydrogen) atoms. The molecule has 2 nitrogen and oxygen atoms in total. The van der Waals surface area contributed by atoms with Crippen LogP contribution in [-0.2, 0) is 0 Å². The Bertz CT molecular complexity index is 291. The highest BCUT2D eigenvalue weighted by Crippen LogP contribution is 2.33. The molecule has 1 aliphatic heterocycles. The van der Waals surface area contributed by atoms with Gasteiger partial charge in [-0.15, -0.1) is 24.8 Å². The zero-order valence-corrected chi connectivity index (χ0v) is 10.7. The molecule has 1 fully saturated rings. The second-order valence-electron chi connectivity index (χ2n) is 3.37. The Morgan fingerprint density at radius 1 is 1.13 bits per heavy atom. The van der Waals surface area contributed by atoms with Crippen LogP contribution in [0.4, 0.5) is 11.4 Å². The normalized spacial score (nSPS) is 14.3. The van der Waals surface area contributed by atoms with Crippen molar-refractivity contribution < 1.29 is 0 Å². The minimum atomic E-state index is 0. The molecule has 0 aliphatic carbocycles. The van der Waals surface area contributed by atoms with E-state index in [1.165, 1.54) is 12.8 Å². The van der Waals surface area contributed by atoms with Crippen molar-refractivity contribution in [3.8, 4) is 0 Å². The summed E-state index contributed by atoms with van der Waals surface area (Å²) in [5, 5.41) is 0.766. The lowest BCUT2D eigenvalue weighted by molar-refractivity contribution is 0.949. The fourth-order valence-electron chi connectivity index (χ4n) is 1.81. The molecule has 2 N–H and O–H groups in total. The van der Waals surface area contributed by atoms with Crippen LogP contribution in [0.3, 0.4) is 0 Å². The molecule has 1 heterocycles. The number of rotatable bonds is 1. The Morgan fingerprint density at radius 3 is 2.27 bits per heavy atom. The topological polar surface area (TPSA) is 29.3 Å². The number of nitrogen functional groups attached to an aromatic ring is 1. The number of para-hydroxylation sites is 1. The zero-order valence-electron chi connectivity index (χ0n) is 8.28. The number of hydrogen-bond donors (Lipinski definition) is 1. The second-order valence-corrected chi connectivity index (χ2v) is 3.78. The summed E-state index contributed by atoms with van der Waals surface area (Å²) in [4.78, 5) is 2.26. The number of benzene rings is 1. The van der Waals surface area contributed by atoms with E-state index in [2.05, 4.69) is 4.90 Å². The number of nitrogens with two attached hydrogens (primary N) is 1. The average molecular weight is 270 g/mol. The Labute approximate surface area is 108 Å². The number of halogens is 3. The van der Waals surface area contributed by atoms with Gasteiger partial charge in [0.05, 0.1) is 16.4 Å². The molecule has 0 saturated carbocycles. The molecular weight excluding hydrogens is 254 g/mol. The van der Waals surface area contributed by atoms with Crippen LogP contribution in [0.1, 0.15) is 12.8 Å². The first kappa shape index (κ1) is 14.7. The molecule has 0 spiro atoms. The molecule has 1 saturated heterocycles. The van der Waals surface area contributed by atoms with Crippen LogP contribution < -0.4 is 10.6 Å². The standard InChI is InChI=1S/C10H13ClN2.2ClH/c11-8-4-3-5-9(12)10(8)13-6-1-2-7-13;;/h3-5H,1-2,6-7,12H2;2*1H. The van der Waals surface area contributed by atoms with E-state index in [-0.39, 0.29) is 24.8 Å². The maximum absolute atomic E-state index is 6.09. The van der Waals surface area contributed by atoms with E-state index in [1.807, 2.05) is 18.2 Å². The third-order valence-electron chi connectivity index (χ3n) is 2.44. The lowest BCUT2D eigenvalue weighted by atomic mass is 10.2. The smallest absolute Gasteiger partial charge is 0.0789 e. The van der Waals surface area contributed by atoms with Crippen LogP contribution >= 0.6 is 36.4 Å². The summed E-state index contributed by atoms with van der Waals surface area (Å²) in [7, 11) is 0. The summed E-state index contributed by atoms with van der Waals surface area (Å²) in [6.45, 7) is 2.15. The Morgan fingerprint density at radius 2 is 1.73 bits per heavy atom. The van der Waals surface area contributed by atoms with Gasteiger partial charge < -0.3 is 10.6 Å². The summed E-state index contributed by atoms with van der Waals surface area (Å²) in [5.41, 5.74) is 7.68. The first-order valence-electron chi connectivity index (χ1n) is 4.58. The number of hydrogen-bond acceptors (Lipinski definition) is 2. The van der Waals surface area contributed by atoms with Crippen molar-refractivity contribution in [2.45, 2.75) is 12.8 Å². The quantitative estimate of drug-likeness (QED) is 0.792. The number of nitrogens with zero attached hydrogens (tertiary/aromatic N) is 1. The molecule has 5 heteroatoms. The second kappa shape index (κ2) is 6.31. The van der Waals surface area contributed by atoms with Gasteiger partial charge in [-0.3, -0.25) is 0 Å². The molecule has 1 aromatic rings. The van der Waals surface area contributed by atoms with Gasteiger partial charge in [0.15, 0.2) is 0 Å². The van der Waals surface area contributed by atoms with E-state index in [0.29, 0.717) is 0 Å². The van der Waals surface area contributed by atoms with Crippen molar-refractivity contribution in [1.29, 1.82) is 0 Å². The van der Waals surface area contributed by atoms with Crippen LogP contribution in [0.2, 0.25) is 5.02 Å². The van der Waals surface area contributed by atoms with Crippen molar-refractivity contribution in [2.24, 2.45) is 0 Å². The van der Waals surface area contributed by atoms with Gasteiger partial charge in [-0.1, -0.05) is 17.7 Å². The van der Waals surface area contributed by atoms with Gasteiger partial charge in [0.1, 0.15) is 0 Å². The molecule has 0 atom stereocenters. The monoisotopic (exact) mass is 268 g/mol. The minimum Gasteiger partial charge on any atom is -0.397 e. The third kappa shape index (κ3) is 3.07. The molecule has 1 aromatic carbocycles. The van der Waals surface area contributed by atoms with Crippen LogP contribution in [0.5, 0.6) is 0 Å². The molecule has 0 amide bonds. The predicted octanol–water partition coefficient (Wildman–Crippen LogP) is 3.37. The van der Waals surface area contributed by atoms with E-state index in [9.17, 15) is 0 Å². The summed E-state index contributed by atoms with van der Waals surface area (Å²) >= 11 is 6.09. The summed E-state index contributed by atoms with van der Waals surface area (Å²) < 4.78 is 0. The van der Waals surface area contributed by atoms with Crippen LogP contribution in [0.15, 0.2) is 18.2 Å². The molecule has 0 radical (unpaired) electrons. The zero-order chi connectivity index (χ0) is 9.26. The van der Waals surface area contributed by atoms with Gasteiger partial charge in [0.25, 0.3) is 0 Å². The van der Waals surface area contributed by atoms with Crippen LogP contribution in [-0.4, -0.2) is 13.1 Å². The molecule has 0 aromatic heterocycles. The summed E-state index contributed by atoms with van der Waals surface area (Å²) in [6, 6.07) is 5.68. The molecule has 2 rings (SSSR count). The van der Waals surface area contributed by atoms with Crippen LogP contribution in [0, 0.1) is 0 Å². The third-order valence-corrected chi connectivity index (χ3v) is 2.75. The fourth-order valence-corrected chi connectivity index (χ4v) is 2.11. The lowest BCUT2D eigenvalue weighted by Gasteiger charge is -2.20. The van der Waals surface area contributed by atoms with Crippen molar-refractivity contribution in [3.63, 3.8) is 0 Å². The first-order valence-corrected chi connectivity index (χ1v) is 4.96. The van der Waals surface area contributed by atoms with Crippen molar-refractivity contribution in [2.75, 3.05) is 23.7 Å². The Balaban J connectivity index is 0.000000980. The average Bonchev–Trinajstić information content (AvgIpc) is 2.57. The van der Waals surface area contributed by atoms with E-state index < -0.39 is 0 Å². The Hall–Kier alpha value is -0.310. The fraction of sp³-hybridized carbons (Fsp3) is 0.400. The molecular formula is C10H15Cl3N2. The molecule has 0 unspecified atom stereocenters. The SMILES string of the molecule is Cl.Cl.Nc1cccc(Cl)c1N1CCCC1. The molecule has 1 aliphatic rings. The van der Waals surface area contributed by atoms with E-state index in [4.69, 9.17) is 17.3 Å². The van der Waals surface area contributed by atoms with Gasteiger partial charge in [-0.25, -0.2) is 0 Å². The highest BCUT2D eigenvalue weighted by atomic mass is 35.5. The maximum Gasteiger partial charge on any atom is 0.0789 e. The number of anilines is 2. The predicted molar refractivity (Wildman–Crippen MR) is 71.8 cm³/mol. The molecule has 0 bridgehead atoms. The first-order chi connectivity index (χ1) is 6.29. The maximum atomic E-state index is 6.09. The van der Waals surface area contributed by atoms with E-state index in [0.717, 1.165) is 29.5 Å². The van der Waals surface area contributed by atoms with Crippen LogP contribution in [0.25, 0.3) is 0 Å². The van der Waals surface area contributed by atoms with Gasteiger partial charge in [0, 0.05) is 13.1 Å². The molecule has 86 valence electrons.